The number of benzene rings is 1. The van der Waals surface area contributed by atoms with Gasteiger partial charge in [-0.2, -0.15) is 0 Å². The number of amides is 1. The van der Waals surface area contributed by atoms with Crippen LogP contribution in [0.3, 0.4) is 0 Å². The van der Waals surface area contributed by atoms with Crippen LogP contribution in [-0.4, -0.2) is 30.3 Å². The number of thioether (sulfide) groups is 1. The molecule has 0 aliphatic carbocycles. The maximum atomic E-state index is 12.3. The maximum absolute atomic E-state index is 12.3. The number of aromatic nitrogens is 2. The highest BCUT2D eigenvalue weighted by molar-refractivity contribution is 8.01. The third-order valence-corrected chi connectivity index (χ3v) is 8.07. The molecule has 0 saturated carbocycles. The predicted octanol–water partition coefficient (Wildman–Crippen LogP) is 4.42. The lowest BCUT2D eigenvalue weighted by atomic mass is 10.2. The Morgan fingerprint density at radius 3 is 2.52 bits per heavy atom. The van der Waals surface area contributed by atoms with E-state index in [2.05, 4.69) is 20.2 Å². The van der Waals surface area contributed by atoms with Gasteiger partial charge in [0.15, 0.2) is 4.34 Å². The van der Waals surface area contributed by atoms with Crippen molar-refractivity contribution >= 4 is 72.8 Å². The molecule has 2 N–H and O–H groups in total. The Kier molecular flexibility index (Phi) is 6.37. The molecule has 0 bridgehead atoms. The lowest BCUT2D eigenvalue weighted by Crippen LogP contribution is -2.13. The fourth-order valence-corrected chi connectivity index (χ4v) is 6.13. The minimum Gasteiger partial charge on any atom is -0.296 e. The fraction of sp³-hybridized carbons (Fsp3) is 0.133. The highest BCUT2D eigenvalue weighted by Gasteiger charge is 2.17. The van der Waals surface area contributed by atoms with Crippen molar-refractivity contribution in [3.05, 3.63) is 46.3 Å². The van der Waals surface area contributed by atoms with Gasteiger partial charge >= 0.3 is 0 Å². The number of nitrogens with zero attached hydrogens (tertiary/aromatic N) is 2. The van der Waals surface area contributed by atoms with Crippen molar-refractivity contribution in [3.63, 3.8) is 0 Å². The van der Waals surface area contributed by atoms with Crippen molar-refractivity contribution in [3.8, 4) is 0 Å². The smallest absolute Gasteiger partial charge is 0.271 e. The third kappa shape index (κ3) is 5.20. The quantitative estimate of drug-likeness (QED) is 0.400. The standard InChI is InChI=1S/C15H13ClN4O3S4/c1-2-24-15-19-18-14(26-15)17-13(21)9-3-5-10(6-4-9)20-27(22,23)12-8-7-11(16)25-12/h3-8,20H,2H2,1H3,(H,17,18,21). The van der Waals surface area contributed by atoms with E-state index < -0.39 is 10.0 Å². The molecule has 3 aromatic rings. The Balaban J connectivity index is 1.66. The van der Waals surface area contributed by atoms with Crippen LogP contribution in [0.4, 0.5) is 10.8 Å². The van der Waals surface area contributed by atoms with E-state index in [1.165, 1.54) is 47.7 Å². The van der Waals surface area contributed by atoms with Crippen LogP contribution in [0.25, 0.3) is 0 Å². The summed E-state index contributed by atoms with van der Waals surface area (Å²) in [6.07, 6.45) is 0. The second-order valence-corrected chi connectivity index (χ2v) is 11.1. The number of carbonyl (C=O) groups excluding carboxylic acids is 1. The van der Waals surface area contributed by atoms with Gasteiger partial charge in [0, 0.05) is 11.3 Å². The van der Waals surface area contributed by atoms with Gasteiger partial charge in [-0.1, -0.05) is 41.6 Å². The van der Waals surface area contributed by atoms with E-state index in [0.29, 0.717) is 20.7 Å². The molecule has 0 aliphatic heterocycles. The van der Waals surface area contributed by atoms with E-state index in [1.807, 2.05) is 6.92 Å². The topological polar surface area (TPSA) is 101 Å². The average Bonchev–Trinajstić information content (AvgIpc) is 3.25. The molecule has 7 nitrogen and oxygen atoms in total. The average molecular weight is 461 g/mol. The largest absolute Gasteiger partial charge is 0.296 e. The van der Waals surface area contributed by atoms with Gasteiger partial charge in [-0.15, -0.1) is 21.5 Å². The van der Waals surface area contributed by atoms with Crippen molar-refractivity contribution < 1.29 is 13.2 Å². The Hall–Kier alpha value is -1.66. The van der Waals surface area contributed by atoms with Crippen LogP contribution >= 0.6 is 46.0 Å². The molecule has 0 fully saturated rings. The van der Waals surface area contributed by atoms with Crippen LogP contribution in [0.15, 0.2) is 44.9 Å². The minimum atomic E-state index is -3.71. The second-order valence-electron chi connectivity index (χ2n) is 5.00. The molecule has 2 heterocycles. The van der Waals surface area contributed by atoms with E-state index in [9.17, 15) is 13.2 Å². The number of thiophene rings is 1. The highest BCUT2D eigenvalue weighted by atomic mass is 35.5. The third-order valence-electron chi connectivity index (χ3n) is 3.11. The van der Waals surface area contributed by atoms with Crippen molar-refractivity contribution in [2.24, 2.45) is 0 Å². The molecule has 0 unspecified atom stereocenters. The molecule has 0 saturated heterocycles. The number of hydrogen-bond acceptors (Lipinski definition) is 8. The first-order valence-corrected chi connectivity index (χ1v) is 12.0. The van der Waals surface area contributed by atoms with Crippen LogP contribution in [0.1, 0.15) is 17.3 Å². The van der Waals surface area contributed by atoms with Crippen molar-refractivity contribution in [1.29, 1.82) is 0 Å². The zero-order valence-electron chi connectivity index (χ0n) is 13.8. The molecule has 2 aromatic heterocycles. The summed E-state index contributed by atoms with van der Waals surface area (Å²) in [5.41, 5.74) is 0.714. The number of sulfonamides is 1. The summed E-state index contributed by atoms with van der Waals surface area (Å²) in [5.74, 6) is 0.524. The first kappa shape index (κ1) is 20.1. The first-order valence-electron chi connectivity index (χ1n) is 7.53. The van der Waals surface area contributed by atoms with Gasteiger partial charge in [0.1, 0.15) is 4.21 Å². The van der Waals surface area contributed by atoms with Crippen molar-refractivity contribution in [2.45, 2.75) is 15.5 Å². The van der Waals surface area contributed by atoms with Crippen LogP contribution in [0.2, 0.25) is 4.34 Å². The molecule has 27 heavy (non-hydrogen) atoms. The van der Waals surface area contributed by atoms with Gasteiger partial charge in [-0.25, -0.2) is 8.42 Å². The number of nitrogens with one attached hydrogen (secondary N) is 2. The maximum Gasteiger partial charge on any atom is 0.271 e. The molecule has 12 heteroatoms. The second kappa shape index (κ2) is 8.57. The van der Waals surface area contributed by atoms with Gasteiger partial charge in [-0.3, -0.25) is 14.8 Å². The molecular formula is C15H13ClN4O3S4. The van der Waals surface area contributed by atoms with E-state index >= 15 is 0 Å². The van der Waals surface area contributed by atoms with E-state index in [4.69, 9.17) is 11.6 Å². The van der Waals surface area contributed by atoms with Crippen LogP contribution in [0.5, 0.6) is 0 Å². The van der Waals surface area contributed by atoms with Gasteiger partial charge in [-0.05, 0) is 42.2 Å². The monoisotopic (exact) mass is 460 g/mol. The van der Waals surface area contributed by atoms with Gasteiger partial charge in [0.25, 0.3) is 15.9 Å². The zero-order chi connectivity index (χ0) is 19.4. The number of anilines is 2. The summed E-state index contributed by atoms with van der Waals surface area (Å²) in [4.78, 5) is 12.3. The predicted molar refractivity (Wildman–Crippen MR) is 111 cm³/mol. The van der Waals surface area contributed by atoms with Crippen molar-refractivity contribution in [1.82, 2.24) is 10.2 Å². The van der Waals surface area contributed by atoms with Gasteiger partial charge < -0.3 is 0 Å². The van der Waals surface area contributed by atoms with Crippen LogP contribution in [-0.2, 0) is 10.0 Å². The molecule has 0 aliphatic rings. The molecule has 142 valence electrons. The number of hydrogen-bond donors (Lipinski definition) is 2. The molecule has 0 spiro atoms. The molecule has 1 aromatic carbocycles. The highest BCUT2D eigenvalue weighted by Crippen LogP contribution is 2.28. The first-order chi connectivity index (χ1) is 12.9. The fourth-order valence-electron chi connectivity index (χ4n) is 1.95. The molecular weight excluding hydrogens is 448 g/mol. The van der Waals surface area contributed by atoms with Gasteiger partial charge in [0.2, 0.25) is 5.13 Å². The Morgan fingerprint density at radius 1 is 1.15 bits per heavy atom. The molecule has 0 radical (unpaired) electrons. The minimum absolute atomic E-state index is 0.117. The van der Waals surface area contributed by atoms with Crippen molar-refractivity contribution in [2.75, 3.05) is 15.8 Å². The van der Waals surface area contributed by atoms with E-state index in [1.54, 1.807) is 11.8 Å². The Bertz CT molecular complexity index is 1050. The summed E-state index contributed by atoms with van der Waals surface area (Å²) in [6.45, 7) is 2.01. The Labute approximate surface area is 173 Å². The van der Waals surface area contributed by atoms with E-state index in [-0.39, 0.29) is 10.1 Å². The van der Waals surface area contributed by atoms with Crippen LogP contribution < -0.4 is 10.0 Å². The molecule has 0 atom stereocenters. The number of halogens is 1. The van der Waals surface area contributed by atoms with E-state index in [0.717, 1.165) is 21.4 Å². The summed E-state index contributed by atoms with van der Waals surface area (Å²) in [6, 6.07) is 9.03. The normalized spacial score (nSPS) is 11.3. The number of carbonyl (C=O) groups is 1. The zero-order valence-corrected chi connectivity index (χ0v) is 17.8. The van der Waals surface area contributed by atoms with Gasteiger partial charge in [0.05, 0.1) is 4.34 Å². The molecule has 1 amide bonds. The molecule has 3 rings (SSSR count). The lowest BCUT2D eigenvalue weighted by Gasteiger charge is -2.07. The SMILES string of the molecule is CCSc1nnc(NC(=O)c2ccc(NS(=O)(=O)c3ccc(Cl)s3)cc2)s1. The lowest BCUT2D eigenvalue weighted by molar-refractivity contribution is 0.102. The summed E-state index contributed by atoms with van der Waals surface area (Å²) >= 11 is 9.59. The summed E-state index contributed by atoms with van der Waals surface area (Å²) in [7, 11) is -3.71. The number of rotatable bonds is 7. The summed E-state index contributed by atoms with van der Waals surface area (Å²) in [5, 5.41) is 11.0. The Morgan fingerprint density at radius 2 is 1.89 bits per heavy atom. The summed E-state index contributed by atoms with van der Waals surface area (Å²) < 4.78 is 28.3. The van der Waals surface area contributed by atoms with Crippen LogP contribution in [0, 0.1) is 0 Å².